The van der Waals surface area contributed by atoms with Crippen LogP contribution in [0.5, 0.6) is 0 Å². The van der Waals surface area contributed by atoms with E-state index in [1.54, 1.807) is 17.5 Å². The Labute approximate surface area is 116 Å². The predicted octanol–water partition coefficient (Wildman–Crippen LogP) is 3.46. The van der Waals surface area contributed by atoms with Crippen molar-refractivity contribution in [3.8, 4) is 0 Å². The van der Waals surface area contributed by atoms with Gasteiger partial charge in [-0.25, -0.2) is 4.98 Å². The first-order valence-corrected chi connectivity index (χ1v) is 6.99. The van der Waals surface area contributed by atoms with Crippen LogP contribution < -0.4 is 5.32 Å². The summed E-state index contributed by atoms with van der Waals surface area (Å²) in [4.78, 5) is 4.52. The highest BCUT2D eigenvalue weighted by Crippen LogP contribution is 2.28. The molecule has 0 amide bonds. The summed E-state index contributed by atoms with van der Waals surface area (Å²) in [5.74, 6) is 0. The van der Waals surface area contributed by atoms with Gasteiger partial charge in [-0.15, -0.1) is 0 Å². The summed E-state index contributed by atoms with van der Waals surface area (Å²) >= 11 is 5.08. The zero-order valence-corrected chi connectivity index (χ0v) is 11.7. The van der Waals surface area contributed by atoms with Gasteiger partial charge < -0.3 is 5.32 Å². The Morgan fingerprint density at radius 1 is 1.28 bits per heavy atom. The van der Waals surface area contributed by atoms with Crippen LogP contribution in [-0.4, -0.2) is 15.2 Å². The Morgan fingerprint density at radius 2 is 2.22 bits per heavy atom. The zero-order valence-electron chi connectivity index (χ0n) is 9.30. The molecule has 18 heavy (non-hydrogen) atoms. The van der Waals surface area contributed by atoms with Crippen LogP contribution in [0.15, 0.2) is 41.0 Å². The second kappa shape index (κ2) is 4.99. The van der Waals surface area contributed by atoms with Gasteiger partial charge in [0.2, 0.25) is 0 Å². The minimum Gasteiger partial charge on any atom is -0.356 e. The third-order valence-corrected chi connectivity index (χ3v) is 3.89. The molecule has 0 unspecified atom stereocenters. The number of anilines is 1. The van der Waals surface area contributed by atoms with Crippen molar-refractivity contribution in [3.05, 3.63) is 46.7 Å². The quantitative estimate of drug-likeness (QED) is 0.803. The van der Waals surface area contributed by atoms with Crippen LogP contribution in [0.4, 0.5) is 5.13 Å². The van der Waals surface area contributed by atoms with Gasteiger partial charge in [0.25, 0.3) is 0 Å². The first-order chi connectivity index (χ1) is 8.81. The third kappa shape index (κ3) is 2.49. The van der Waals surface area contributed by atoms with Gasteiger partial charge in [0.15, 0.2) is 5.13 Å². The summed E-state index contributed by atoms with van der Waals surface area (Å²) in [6, 6.07) is 9.90. The van der Waals surface area contributed by atoms with Crippen molar-refractivity contribution in [2.45, 2.75) is 6.54 Å². The number of aromatic nitrogens is 3. The molecule has 0 spiro atoms. The topological polar surface area (TPSA) is 50.7 Å². The molecule has 0 aliphatic carbocycles. The molecule has 4 nitrogen and oxygen atoms in total. The number of fused-ring (bicyclic) bond motifs is 1. The Balaban J connectivity index is 1.79. The van der Waals surface area contributed by atoms with Gasteiger partial charge in [-0.2, -0.15) is 10.2 Å². The number of nitrogens with one attached hydrogen (secondary N) is 1. The monoisotopic (exact) mass is 320 g/mol. The Kier molecular flexibility index (Phi) is 3.21. The van der Waals surface area contributed by atoms with Crippen molar-refractivity contribution in [2.75, 3.05) is 5.32 Å². The SMILES string of the molecule is Brc1ccc2sc(NCc3cccnn3)nc2c1. The molecule has 0 fully saturated rings. The molecule has 0 radical (unpaired) electrons. The van der Waals surface area contributed by atoms with Crippen LogP contribution in [0.25, 0.3) is 10.2 Å². The largest absolute Gasteiger partial charge is 0.356 e. The number of benzene rings is 1. The molecule has 2 aromatic heterocycles. The zero-order chi connectivity index (χ0) is 12.4. The van der Waals surface area contributed by atoms with Gasteiger partial charge >= 0.3 is 0 Å². The van der Waals surface area contributed by atoms with E-state index in [-0.39, 0.29) is 0 Å². The molecular formula is C12H9BrN4S. The fourth-order valence-electron chi connectivity index (χ4n) is 1.57. The fourth-order valence-corrected chi connectivity index (χ4v) is 2.76. The van der Waals surface area contributed by atoms with Crippen molar-refractivity contribution in [1.29, 1.82) is 0 Å². The van der Waals surface area contributed by atoms with Gasteiger partial charge in [-0.3, -0.25) is 0 Å². The number of halogens is 1. The van der Waals surface area contributed by atoms with Crippen LogP contribution >= 0.6 is 27.3 Å². The van der Waals surface area contributed by atoms with Crippen molar-refractivity contribution in [2.24, 2.45) is 0 Å². The van der Waals surface area contributed by atoms with Gasteiger partial charge in [0.05, 0.1) is 22.5 Å². The summed E-state index contributed by atoms with van der Waals surface area (Å²) in [6.45, 7) is 0.634. The molecule has 0 aliphatic heterocycles. The first kappa shape index (κ1) is 11.6. The van der Waals surface area contributed by atoms with Crippen molar-refractivity contribution < 1.29 is 0 Å². The molecule has 1 N–H and O–H groups in total. The van der Waals surface area contributed by atoms with Gasteiger partial charge in [-0.05, 0) is 30.3 Å². The van der Waals surface area contributed by atoms with E-state index >= 15 is 0 Å². The smallest absolute Gasteiger partial charge is 0.184 e. The van der Waals surface area contributed by atoms with Crippen molar-refractivity contribution >= 4 is 42.6 Å². The van der Waals surface area contributed by atoms with Gasteiger partial charge in [0.1, 0.15) is 0 Å². The summed E-state index contributed by atoms with van der Waals surface area (Å²) in [5, 5.41) is 12.0. The molecular weight excluding hydrogens is 312 g/mol. The molecule has 90 valence electrons. The van der Waals surface area contributed by atoms with Crippen LogP contribution in [0.3, 0.4) is 0 Å². The van der Waals surface area contributed by atoms with Crippen molar-refractivity contribution in [1.82, 2.24) is 15.2 Å². The molecule has 0 aliphatic rings. The van der Waals surface area contributed by atoms with Crippen LogP contribution in [0.2, 0.25) is 0 Å². The fraction of sp³-hybridized carbons (Fsp3) is 0.0833. The maximum Gasteiger partial charge on any atom is 0.184 e. The van der Waals surface area contributed by atoms with E-state index < -0.39 is 0 Å². The molecule has 0 saturated heterocycles. The van der Waals surface area contributed by atoms with E-state index in [0.717, 1.165) is 20.8 Å². The average Bonchev–Trinajstić information content (AvgIpc) is 2.79. The normalized spacial score (nSPS) is 10.7. The minimum absolute atomic E-state index is 0.634. The van der Waals surface area contributed by atoms with Gasteiger partial charge in [0, 0.05) is 10.7 Å². The first-order valence-electron chi connectivity index (χ1n) is 5.38. The number of nitrogens with zero attached hydrogens (tertiary/aromatic N) is 3. The van der Waals surface area contributed by atoms with E-state index in [1.807, 2.05) is 24.3 Å². The van der Waals surface area contributed by atoms with E-state index in [9.17, 15) is 0 Å². The summed E-state index contributed by atoms with van der Waals surface area (Å²) in [6.07, 6.45) is 1.67. The standard InChI is InChI=1S/C12H9BrN4S/c13-8-3-4-11-10(6-8)16-12(18-11)14-7-9-2-1-5-15-17-9/h1-6H,7H2,(H,14,16). The van der Waals surface area contributed by atoms with Crippen molar-refractivity contribution in [3.63, 3.8) is 0 Å². The summed E-state index contributed by atoms with van der Waals surface area (Å²) in [5.41, 5.74) is 1.90. The Morgan fingerprint density at radius 3 is 3.06 bits per heavy atom. The Bertz CT molecular complexity index is 668. The highest BCUT2D eigenvalue weighted by molar-refractivity contribution is 9.10. The second-order valence-corrected chi connectivity index (χ2v) is 5.65. The van der Waals surface area contributed by atoms with Crippen LogP contribution in [0, 0.1) is 0 Å². The molecule has 0 atom stereocenters. The van der Waals surface area contributed by atoms with Gasteiger partial charge in [-0.1, -0.05) is 27.3 Å². The highest BCUT2D eigenvalue weighted by Gasteiger charge is 2.04. The number of rotatable bonds is 3. The lowest BCUT2D eigenvalue weighted by atomic mass is 10.3. The highest BCUT2D eigenvalue weighted by atomic mass is 79.9. The van der Waals surface area contributed by atoms with E-state index in [4.69, 9.17) is 0 Å². The number of hydrogen-bond donors (Lipinski definition) is 1. The van der Waals surface area contributed by atoms with Crippen LogP contribution in [0.1, 0.15) is 5.69 Å². The Hall–Kier alpha value is -1.53. The maximum atomic E-state index is 4.52. The predicted molar refractivity (Wildman–Crippen MR) is 76.7 cm³/mol. The second-order valence-electron chi connectivity index (χ2n) is 3.70. The lowest BCUT2D eigenvalue weighted by molar-refractivity contribution is 0.924. The summed E-state index contributed by atoms with van der Waals surface area (Å²) in [7, 11) is 0. The maximum absolute atomic E-state index is 4.52. The number of hydrogen-bond acceptors (Lipinski definition) is 5. The lowest BCUT2D eigenvalue weighted by Crippen LogP contribution is -2.01. The minimum atomic E-state index is 0.634. The molecule has 2 heterocycles. The third-order valence-electron chi connectivity index (χ3n) is 2.40. The molecule has 1 aromatic carbocycles. The molecule has 0 bridgehead atoms. The lowest BCUT2D eigenvalue weighted by Gasteiger charge is -1.99. The molecule has 6 heteroatoms. The molecule has 3 rings (SSSR count). The number of thiazole rings is 1. The molecule has 0 saturated carbocycles. The van der Waals surface area contributed by atoms with Crippen LogP contribution in [-0.2, 0) is 6.54 Å². The summed E-state index contributed by atoms with van der Waals surface area (Å²) < 4.78 is 2.21. The molecule has 3 aromatic rings. The van der Waals surface area contributed by atoms with E-state index in [1.165, 1.54) is 4.70 Å². The average molecular weight is 321 g/mol. The van der Waals surface area contributed by atoms with E-state index in [2.05, 4.69) is 42.5 Å². The van der Waals surface area contributed by atoms with E-state index in [0.29, 0.717) is 6.54 Å².